The van der Waals surface area contributed by atoms with Crippen LogP contribution in [0.4, 0.5) is 0 Å². The number of hydrogen-bond donors (Lipinski definition) is 1. The van der Waals surface area contributed by atoms with Crippen molar-refractivity contribution in [3.8, 4) is 0 Å². The summed E-state index contributed by atoms with van der Waals surface area (Å²) in [5, 5.41) is 4.69. The van der Waals surface area contributed by atoms with Gasteiger partial charge in [0.25, 0.3) is 0 Å². The minimum absolute atomic E-state index is 0. The molecule has 0 saturated carbocycles. The Kier molecular flexibility index (Phi) is 7.52. The molecule has 27 heavy (non-hydrogen) atoms. The number of para-hydroxylation sites is 1. The molecule has 3 rings (SSSR count). The second kappa shape index (κ2) is 9.85. The minimum Gasteiger partial charge on any atom is -0.339 e. The number of aromatic nitrogens is 2. The van der Waals surface area contributed by atoms with Crippen LogP contribution < -0.4 is 11.2 Å². The predicted molar refractivity (Wildman–Crippen MR) is 109 cm³/mol. The Morgan fingerprint density at radius 2 is 1.74 bits per heavy atom. The average molecular weight is 387 g/mol. The number of halogens is 1. The van der Waals surface area contributed by atoms with Crippen molar-refractivity contribution in [1.82, 2.24) is 14.7 Å². The van der Waals surface area contributed by atoms with Gasteiger partial charge >= 0.3 is 0 Å². The molecule has 0 aliphatic rings. The summed E-state index contributed by atoms with van der Waals surface area (Å²) >= 11 is 0. The van der Waals surface area contributed by atoms with E-state index in [1.54, 1.807) is 27.8 Å². The van der Waals surface area contributed by atoms with E-state index >= 15 is 0 Å². The number of nitrogens with zero attached hydrogens (tertiary/aromatic N) is 3. The average Bonchev–Trinajstić information content (AvgIpc) is 2.68. The van der Waals surface area contributed by atoms with Crippen LogP contribution in [0.3, 0.4) is 0 Å². The molecule has 1 aromatic heterocycles. The van der Waals surface area contributed by atoms with Crippen LogP contribution >= 0.6 is 12.4 Å². The van der Waals surface area contributed by atoms with Crippen LogP contribution in [0.15, 0.2) is 65.6 Å². The third kappa shape index (κ3) is 5.15. The first-order valence-electron chi connectivity index (χ1n) is 8.65. The second-order valence-electron chi connectivity index (χ2n) is 6.09. The molecule has 0 atom stereocenters. The third-order valence-corrected chi connectivity index (χ3v) is 4.31. The molecule has 142 valence electrons. The van der Waals surface area contributed by atoms with E-state index in [1.165, 1.54) is 11.8 Å². The summed E-state index contributed by atoms with van der Waals surface area (Å²) in [6, 6.07) is 17.2. The molecule has 0 radical (unpaired) electrons. The largest absolute Gasteiger partial charge is 0.339 e. The molecule has 0 aliphatic heterocycles. The number of amides is 1. The Bertz CT molecular complexity index is 943. The molecule has 0 saturated heterocycles. The van der Waals surface area contributed by atoms with Gasteiger partial charge in [-0.15, -0.1) is 12.4 Å². The zero-order valence-corrected chi connectivity index (χ0v) is 15.8. The second-order valence-corrected chi connectivity index (χ2v) is 6.09. The van der Waals surface area contributed by atoms with Crippen LogP contribution in [-0.2, 0) is 17.8 Å². The van der Waals surface area contributed by atoms with Crippen LogP contribution in [0.1, 0.15) is 5.56 Å². The molecule has 2 aromatic carbocycles. The van der Waals surface area contributed by atoms with E-state index in [2.05, 4.69) is 5.10 Å². The van der Waals surface area contributed by atoms with Gasteiger partial charge in [0, 0.05) is 25.0 Å². The number of fused-ring (bicyclic) bond motifs is 1. The predicted octanol–water partition coefficient (Wildman–Crippen LogP) is 1.85. The van der Waals surface area contributed by atoms with E-state index in [9.17, 15) is 9.59 Å². The molecule has 1 heterocycles. The molecule has 1 amide bonds. The SMILES string of the molecule is Cl.NCCN(CCc1ccccc1)C(=O)Cn1ncc(=O)c2ccccc21. The van der Waals surface area contributed by atoms with Gasteiger partial charge < -0.3 is 10.6 Å². The molecule has 6 nitrogen and oxygen atoms in total. The number of carbonyl (C=O) groups is 1. The summed E-state index contributed by atoms with van der Waals surface area (Å²) in [5.74, 6) is -0.0623. The number of hydrogen-bond acceptors (Lipinski definition) is 4. The van der Waals surface area contributed by atoms with Crippen molar-refractivity contribution < 1.29 is 4.79 Å². The molecule has 0 bridgehead atoms. The molecule has 3 aromatic rings. The molecular weight excluding hydrogens is 364 g/mol. The van der Waals surface area contributed by atoms with Crippen molar-refractivity contribution >= 4 is 29.2 Å². The van der Waals surface area contributed by atoms with Crippen molar-refractivity contribution in [2.45, 2.75) is 13.0 Å². The summed E-state index contributed by atoms with van der Waals surface area (Å²) in [4.78, 5) is 26.5. The van der Waals surface area contributed by atoms with E-state index in [4.69, 9.17) is 5.73 Å². The fourth-order valence-corrected chi connectivity index (χ4v) is 2.94. The van der Waals surface area contributed by atoms with E-state index in [-0.39, 0.29) is 30.3 Å². The number of carbonyl (C=O) groups excluding carboxylic acids is 1. The van der Waals surface area contributed by atoms with E-state index < -0.39 is 0 Å². The highest BCUT2D eigenvalue weighted by Crippen LogP contribution is 2.09. The first-order chi connectivity index (χ1) is 12.7. The van der Waals surface area contributed by atoms with Gasteiger partial charge in [0.05, 0.1) is 11.7 Å². The molecule has 0 unspecified atom stereocenters. The molecule has 2 N–H and O–H groups in total. The Labute approximate surface area is 164 Å². The lowest BCUT2D eigenvalue weighted by atomic mass is 10.1. The third-order valence-electron chi connectivity index (χ3n) is 4.31. The lowest BCUT2D eigenvalue weighted by Gasteiger charge is -2.23. The summed E-state index contributed by atoms with van der Waals surface area (Å²) < 4.78 is 1.57. The molecule has 7 heteroatoms. The Balaban J connectivity index is 0.00000261. The monoisotopic (exact) mass is 386 g/mol. The zero-order chi connectivity index (χ0) is 18.4. The van der Waals surface area contributed by atoms with Crippen LogP contribution in [0.5, 0.6) is 0 Å². The van der Waals surface area contributed by atoms with Crippen molar-refractivity contribution in [3.63, 3.8) is 0 Å². The summed E-state index contributed by atoms with van der Waals surface area (Å²) in [6.07, 6.45) is 2.03. The fraction of sp³-hybridized carbons (Fsp3) is 0.250. The van der Waals surface area contributed by atoms with Crippen LogP contribution in [0.25, 0.3) is 10.9 Å². The quantitative estimate of drug-likeness (QED) is 0.671. The topological polar surface area (TPSA) is 81.2 Å². The van der Waals surface area contributed by atoms with Gasteiger partial charge in [0.15, 0.2) is 0 Å². The van der Waals surface area contributed by atoms with Gasteiger partial charge in [-0.1, -0.05) is 42.5 Å². The first-order valence-corrected chi connectivity index (χ1v) is 8.65. The van der Waals surface area contributed by atoms with Gasteiger partial charge in [0.1, 0.15) is 6.54 Å². The van der Waals surface area contributed by atoms with Gasteiger partial charge in [-0.25, -0.2) is 0 Å². The lowest BCUT2D eigenvalue weighted by molar-refractivity contribution is -0.131. The Morgan fingerprint density at radius 3 is 2.48 bits per heavy atom. The summed E-state index contributed by atoms with van der Waals surface area (Å²) in [7, 11) is 0. The molecule has 0 spiro atoms. The van der Waals surface area contributed by atoms with Gasteiger partial charge in [0.2, 0.25) is 11.3 Å². The van der Waals surface area contributed by atoms with Crippen molar-refractivity contribution in [2.24, 2.45) is 5.73 Å². The van der Waals surface area contributed by atoms with Crippen molar-refractivity contribution in [2.75, 3.05) is 19.6 Å². The Hall–Kier alpha value is -2.70. The van der Waals surface area contributed by atoms with Gasteiger partial charge in [-0.05, 0) is 24.1 Å². The normalized spacial score (nSPS) is 10.4. The maximum atomic E-state index is 12.8. The number of nitrogens with two attached hydrogens (primary N) is 1. The van der Waals surface area contributed by atoms with Gasteiger partial charge in [-0.2, -0.15) is 5.10 Å². The number of benzene rings is 2. The highest BCUT2D eigenvalue weighted by atomic mass is 35.5. The molecule has 0 fully saturated rings. The fourth-order valence-electron chi connectivity index (χ4n) is 2.94. The maximum Gasteiger partial charge on any atom is 0.244 e. The molecule has 0 aliphatic carbocycles. The smallest absolute Gasteiger partial charge is 0.244 e. The zero-order valence-electron chi connectivity index (χ0n) is 15.0. The summed E-state index contributed by atoms with van der Waals surface area (Å²) in [6.45, 7) is 1.57. The van der Waals surface area contributed by atoms with Crippen molar-refractivity contribution in [1.29, 1.82) is 0 Å². The maximum absolute atomic E-state index is 12.8. The van der Waals surface area contributed by atoms with Crippen molar-refractivity contribution in [3.05, 3.63) is 76.6 Å². The minimum atomic E-state index is -0.146. The standard InChI is InChI=1S/C20H22N4O2.ClH/c21-11-13-23(12-10-16-6-2-1-3-7-16)20(26)15-24-18-9-5-4-8-17(18)19(25)14-22-24;/h1-9,14H,10-13,15,21H2;1H. The van der Waals surface area contributed by atoms with E-state index in [1.807, 2.05) is 36.4 Å². The molecular formula is C20H23ClN4O2. The van der Waals surface area contributed by atoms with Gasteiger partial charge in [-0.3, -0.25) is 14.3 Å². The van der Waals surface area contributed by atoms with Crippen LogP contribution in [0, 0.1) is 0 Å². The van der Waals surface area contributed by atoms with E-state index in [0.29, 0.717) is 30.5 Å². The van der Waals surface area contributed by atoms with Crippen LogP contribution in [0.2, 0.25) is 0 Å². The lowest BCUT2D eigenvalue weighted by Crippen LogP contribution is -2.39. The Morgan fingerprint density at radius 1 is 1.04 bits per heavy atom. The highest BCUT2D eigenvalue weighted by molar-refractivity contribution is 5.85. The first kappa shape index (κ1) is 20.6. The van der Waals surface area contributed by atoms with Crippen LogP contribution in [-0.4, -0.2) is 40.2 Å². The van der Waals surface area contributed by atoms with E-state index in [0.717, 1.165) is 6.42 Å². The summed E-state index contributed by atoms with van der Waals surface area (Å²) in [5.41, 5.74) is 7.37. The number of rotatable bonds is 7. The highest BCUT2D eigenvalue weighted by Gasteiger charge is 2.15.